The molecule has 0 heterocycles. The summed E-state index contributed by atoms with van der Waals surface area (Å²) < 4.78 is 0. The van der Waals surface area contributed by atoms with Gasteiger partial charge in [0.15, 0.2) is 0 Å². The zero-order valence-corrected chi connectivity index (χ0v) is 12.2. The van der Waals surface area contributed by atoms with Crippen molar-refractivity contribution in [2.45, 2.75) is 53.8 Å². The second-order valence-electron chi connectivity index (χ2n) is 6.22. The summed E-state index contributed by atoms with van der Waals surface area (Å²) in [7, 11) is -1.24. The van der Waals surface area contributed by atoms with Gasteiger partial charge in [0.2, 0.25) is 0 Å². The molecule has 15 heavy (non-hydrogen) atoms. The van der Waals surface area contributed by atoms with Crippen LogP contribution < -0.4 is 0 Å². The first-order valence-electron chi connectivity index (χ1n) is 5.83. The molecule has 0 aliphatic heterocycles. The lowest BCUT2D eigenvalue weighted by Crippen LogP contribution is -2.30. The molecule has 0 N–H and O–H groups in total. The molecule has 0 bridgehead atoms. The van der Waals surface area contributed by atoms with Crippen LogP contribution >= 0.6 is 0 Å². The lowest BCUT2D eigenvalue weighted by molar-refractivity contribution is -0.125. The third-order valence-electron chi connectivity index (χ3n) is 4.36. The second kappa shape index (κ2) is 3.58. The van der Waals surface area contributed by atoms with Gasteiger partial charge in [-0.05, 0) is 33.1 Å². The first-order chi connectivity index (χ1) is 6.61. The van der Waals surface area contributed by atoms with Crippen LogP contribution in [-0.2, 0) is 4.79 Å². The molecule has 2 heteroatoms. The highest BCUT2D eigenvalue weighted by atomic mass is 28.3. The third kappa shape index (κ3) is 1.84. The van der Waals surface area contributed by atoms with Gasteiger partial charge >= 0.3 is 0 Å². The molecule has 0 amide bonds. The van der Waals surface area contributed by atoms with E-state index in [1.807, 2.05) is 0 Å². The number of carbonyl (C=O) groups is 1. The number of hydrogen-bond acceptors (Lipinski definition) is 1. The number of ketones is 1. The van der Waals surface area contributed by atoms with Crippen LogP contribution in [0.3, 0.4) is 0 Å². The molecule has 1 aliphatic rings. The van der Waals surface area contributed by atoms with Crippen molar-refractivity contribution in [2.24, 2.45) is 11.3 Å². The Morgan fingerprint density at radius 3 is 2.07 bits per heavy atom. The number of Topliss-reactive ketones (excluding diaryl/α,β-unsaturated/α-hetero) is 1. The van der Waals surface area contributed by atoms with E-state index in [1.165, 1.54) is 5.57 Å². The predicted octanol–water partition coefficient (Wildman–Crippen LogP) is 3.82. The van der Waals surface area contributed by atoms with Gasteiger partial charge in [-0.1, -0.05) is 37.3 Å². The Balaban J connectivity index is 3.25. The van der Waals surface area contributed by atoms with E-state index in [2.05, 4.69) is 40.4 Å². The monoisotopic (exact) mass is 224 g/mol. The van der Waals surface area contributed by atoms with Crippen molar-refractivity contribution in [3.8, 4) is 0 Å². The molecule has 0 saturated heterocycles. The average Bonchev–Trinajstić information content (AvgIpc) is 2.29. The molecule has 1 nitrogen and oxygen atoms in total. The van der Waals surface area contributed by atoms with E-state index >= 15 is 0 Å². The molecule has 1 rings (SSSR count). The summed E-state index contributed by atoms with van der Waals surface area (Å²) in [6, 6.07) is 0. The molecule has 0 aromatic carbocycles. The van der Waals surface area contributed by atoms with Gasteiger partial charge in [-0.25, -0.2) is 0 Å². The van der Waals surface area contributed by atoms with Crippen molar-refractivity contribution in [1.82, 2.24) is 0 Å². The summed E-state index contributed by atoms with van der Waals surface area (Å²) in [6.07, 6.45) is 1.14. The van der Waals surface area contributed by atoms with Gasteiger partial charge in [0.1, 0.15) is 5.78 Å². The Bertz CT molecular complexity index is 322. The molecule has 0 spiro atoms. The summed E-state index contributed by atoms with van der Waals surface area (Å²) in [5.74, 6) is 0.817. The molecule has 0 radical (unpaired) electrons. The molecule has 0 aromatic rings. The summed E-state index contributed by atoms with van der Waals surface area (Å²) in [6.45, 7) is 15.4. The van der Waals surface area contributed by atoms with Crippen molar-refractivity contribution < 1.29 is 4.79 Å². The molecular weight excluding hydrogens is 200 g/mol. The Morgan fingerprint density at radius 2 is 1.87 bits per heavy atom. The normalized spacial score (nSPS) is 32.3. The van der Waals surface area contributed by atoms with Crippen molar-refractivity contribution >= 4 is 13.9 Å². The minimum atomic E-state index is -1.24. The summed E-state index contributed by atoms with van der Waals surface area (Å²) in [5.41, 5.74) is 1.19. The van der Waals surface area contributed by atoms with Crippen molar-refractivity contribution in [1.29, 1.82) is 0 Å². The molecule has 86 valence electrons. The first kappa shape index (κ1) is 12.7. The van der Waals surface area contributed by atoms with Crippen LogP contribution in [0.5, 0.6) is 0 Å². The lowest BCUT2D eigenvalue weighted by atomic mass is 9.74. The zero-order chi connectivity index (χ0) is 12.0. The fraction of sp³-hybridized carbons (Fsp3) is 0.769. The molecule has 0 saturated carbocycles. The summed E-state index contributed by atoms with van der Waals surface area (Å²) >= 11 is 0. The van der Waals surface area contributed by atoms with Crippen LogP contribution in [0.25, 0.3) is 0 Å². The van der Waals surface area contributed by atoms with Crippen molar-refractivity contribution in [2.75, 3.05) is 0 Å². The Hall–Kier alpha value is -0.373. The van der Waals surface area contributed by atoms with E-state index in [4.69, 9.17) is 0 Å². The summed E-state index contributed by atoms with van der Waals surface area (Å²) in [5, 5.41) is 1.62. The predicted molar refractivity (Wildman–Crippen MR) is 68.6 cm³/mol. The van der Waals surface area contributed by atoms with E-state index in [0.29, 0.717) is 11.7 Å². The first-order valence-corrected chi connectivity index (χ1v) is 9.33. The standard InChI is InChI=1S/C13H24OSi/c1-9-8-12(15(5,6)7)10(2)13(9,4)11(3)14/h9H,8H2,1-7H3/t9-,13+/m0/s1. The third-order valence-corrected chi connectivity index (χ3v) is 6.75. The van der Waals surface area contributed by atoms with E-state index in [1.54, 1.807) is 12.1 Å². The number of carbonyl (C=O) groups excluding carboxylic acids is 1. The van der Waals surface area contributed by atoms with E-state index in [9.17, 15) is 4.79 Å². The minimum absolute atomic E-state index is 0.185. The van der Waals surface area contributed by atoms with Gasteiger partial charge in [0, 0.05) is 5.41 Å². The van der Waals surface area contributed by atoms with Crippen LogP contribution in [0.2, 0.25) is 19.6 Å². The van der Waals surface area contributed by atoms with Crippen LogP contribution in [0.4, 0.5) is 0 Å². The van der Waals surface area contributed by atoms with Gasteiger partial charge < -0.3 is 0 Å². The number of allylic oxidation sites excluding steroid dienone is 2. The van der Waals surface area contributed by atoms with Crippen LogP contribution in [-0.4, -0.2) is 13.9 Å². The highest BCUT2D eigenvalue weighted by Gasteiger charge is 2.46. The molecule has 0 aromatic heterocycles. The largest absolute Gasteiger partial charge is 0.299 e. The van der Waals surface area contributed by atoms with Gasteiger partial charge in [0.05, 0.1) is 8.07 Å². The van der Waals surface area contributed by atoms with E-state index in [-0.39, 0.29) is 5.41 Å². The fourth-order valence-electron chi connectivity index (χ4n) is 2.83. The Labute approximate surface area is 95.0 Å². The maximum Gasteiger partial charge on any atom is 0.139 e. The number of rotatable bonds is 2. The lowest BCUT2D eigenvalue weighted by Gasteiger charge is -2.28. The minimum Gasteiger partial charge on any atom is -0.299 e. The van der Waals surface area contributed by atoms with Crippen molar-refractivity contribution in [3.63, 3.8) is 0 Å². The number of hydrogen-bond donors (Lipinski definition) is 0. The fourth-order valence-corrected chi connectivity index (χ4v) is 5.13. The Kier molecular flexibility index (Phi) is 3.03. The van der Waals surface area contributed by atoms with Crippen molar-refractivity contribution in [3.05, 3.63) is 10.8 Å². The van der Waals surface area contributed by atoms with E-state index in [0.717, 1.165) is 6.42 Å². The second-order valence-corrected chi connectivity index (χ2v) is 11.3. The zero-order valence-electron chi connectivity index (χ0n) is 11.2. The maximum atomic E-state index is 11.8. The average molecular weight is 224 g/mol. The van der Waals surface area contributed by atoms with Crippen LogP contribution in [0.15, 0.2) is 10.8 Å². The van der Waals surface area contributed by atoms with Crippen LogP contribution in [0.1, 0.15) is 34.1 Å². The Morgan fingerprint density at radius 1 is 1.40 bits per heavy atom. The SMILES string of the molecule is CC(=O)[C@@]1(C)C(C)=C([Si](C)(C)C)C[C@@H]1C. The molecule has 0 unspecified atom stereocenters. The van der Waals surface area contributed by atoms with Gasteiger partial charge in [-0.2, -0.15) is 0 Å². The van der Waals surface area contributed by atoms with E-state index < -0.39 is 8.07 Å². The van der Waals surface area contributed by atoms with Gasteiger partial charge in [0.25, 0.3) is 0 Å². The molecular formula is C13H24OSi. The smallest absolute Gasteiger partial charge is 0.139 e. The highest BCUT2D eigenvalue weighted by molar-refractivity contribution is 6.83. The highest BCUT2D eigenvalue weighted by Crippen LogP contribution is 2.49. The maximum absolute atomic E-state index is 11.8. The van der Waals surface area contributed by atoms with Gasteiger partial charge in [-0.15, -0.1) is 0 Å². The molecule has 2 atom stereocenters. The quantitative estimate of drug-likeness (QED) is 0.652. The van der Waals surface area contributed by atoms with Gasteiger partial charge in [-0.3, -0.25) is 4.79 Å². The summed E-state index contributed by atoms with van der Waals surface area (Å²) in [4.78, 5) is 11.8. The van der Waals surface area contributed by atoms with Crippen LogP contribution in [0, 0.1) is 11.3 Å². The topological polar surface area (TPSA) is 17.1 Å². The molecule has 1 aliphatic carbocycles. The molecule has 0 fully saturated rings.